The summed E-state index contributed by atoms with van der Waals surface area (Å²) in [6.07, 6.45) is 5.44. The molecule has 1 saturated carbocycles. The zero-order chi connectivity index (χ0) is 20.8. The van der Waals surface area contributed by atoms with Crippen LogP contribution in [0.5, 0.6) is 0 Å². The van der Waals surface area contributed by atoms with Gasteiger partial charge in [-0.3, -0.25) is 9.59 Å². The first-order valence-electron chi connectivity index (χ1n) is 9.51. The van der Waals surface area contributed by atoms with Crippen LogP contribution < -0.4 is 16.0 Å². The molecule has 2 aromatic rings. The van der Waals surface area contributed by atoms with E-state index in [9.17, 15) is 9.59 Å². The van der Waals surface area contributed by atoms with E-state index in [2.05, 4.69) is 16.0 Å². The Balaban J connectivity index is 1.58. The first-order chi connectivity index (χ1) is 13.9. The van der Waals surface area contributed by atoms with Crippen LogP contribution >= 0.6 is 34.8 Å². The minimum Gasteiger partial charge on any atom is -0.376 e. The van der Waals surface area contributed by atoms with Crippen LogP contribution in [0.2, 0.25) is 15.1 Å². The number of amides is 2. The Bertz CT molecular complexity index is 899. The number of hydrogen-bond donors (Lipinski definition) is 3. The molecule has 1 aliphatic carbocycles. The van der Waals surface area contributed by atoms with E-state index in [1.54, 1.807) is 36.4 Å². The predicted octanol–water partition coefficient (Wildman–Crippen LogP) is 5.76. The highest BCUT2D eigenvalue weighted by Gasteiger charge is 2.19. The van der Waals surface area contributed by atoms with Crippen molar-refractivity contribution in [3.63, 3.8) is 0 Å². The van der Waals surface area contributed by atoms with Crippen LogP contribution in [-0.2, 0) is 4.79 Å². The third-order valence-corrected chi connectivity index (χ3v) is 5.88. The average molecular weight is 455 g/mol. The Morgan fingerprint density at radius 3 is 2.28 bits per heavy atom. The standard InChI is InChI=1S/C21H22Cl3N3O2/c22-17-8-7-15(10-16(17)21(29)27-13-4-2-1-3-5-13)26-20(28)12-25-14-6-9-18(23)19(24)11-14/h6-11,13,25H,1-5,12H2,(H,26,28)(H,27,29). The van der Waals surface area contributed by atoms with E-state index >= 15 is 0 Å². The van der Waals surface area contributed by atoms with Gasteiger partial charge in [-0.2, -0.15) is 0 Å². The fourth-order valence-corrected chi connectivity index (χ4v) is 3.78. The van der Waals surface area contributed by atoms with Gasteiger partial charge in [0.25, 0.3) is 5.91 Å². The second-order valence-corrected chi connectivity index (χ2v) is 8.26. The maximum absolute atomic E-state index is 12.6. The van der Waals surface area contributed by atoms with Crippen molar-refractivity contribution in [1.82, 2.24) is 5.32 Å². The molecule has 3 N–H and O–H groups in total. The molecule has 0 aromatic heterocycles. The quantitative estimate of drug-likeness (QED) is 0.519. The van der Waals surface area contributed by atoms with Crippen LogP contribution in [0.3, 0.4) is 0 Å². The van der Waals surface area contributed by atoms with Crippen LogP contribution in [0.4, 0.5) is 11.4 Å². The molecule has 0 saturated heterocycles. The molecular formula is C21H22Cl3N3O2. The molecule has 154 valence electrons. The summed E-state index contributed by atoms with van der Waals surface area (Å²) in [7, 11) is 0. The van der Waals surface area contributed by atoms with Gasteiger partial charge in [-0.25, -0.2) is 0 Å². The summed E-state index contributed by atoms with van der Waals surface area (Å²) in [5.74, 6) is -0.482. The molecule has 0 unspecified atom stereocenters. The summed E-state index contributed by atoms with van der Waals surface area (Å²) in [6, 6.07) is 10.1. The highest BCUT2D eigenvalue weighted by atomic mass is 35.5. The van der Waals surface area contributed by atoms with E-state index in [0.717, 1.165) is 25.7 Å². The van der Waals surface area contributed by atoms with Crippen molar-refractivity contribution in [2.24, 2.45) is 0 Å². The van der Waals surface area contributed by atoms with Crippen molar-refractivity contribution >= 4 is 58.0 Å². The van der Waals surface area contributed by atoms with Crippen LogP contribution in [-0.4, -0.2) is 24.4 Å². The molecule has 2 aromatic carbocycles. The maximum atomic E-state index is 12.6. The molecule has 0 atom stereocenters. The van der Waals surface area contributed by atoms with Gasteiger partial charge in [0.15, 0.2) is 0 Å². The first kappa shape index (κ1) is 21.8. The number of nitrogens with one attached hydrogen (secondary N) is 3. The fraction of sp³-hybridized carbons (Fsp3) is 0.333. The highest BCUT2D eigenvalue weighted by Crippen LogP contribution is 2.25. The van der Waals surface area contributed by atoms with E-state index < -0.39 is 0 Å². The lowest BCUT2D eigenvalue weighted by atomic mass is 9.95. The lowest BCUT2D eigenvalue weighted by Crippen LogP contribution is -2.36. The van der Waals surface area contributed by atoms with Crippen molar-refractivity contribution in [3.8, 4) is 0 Å². The van der Waals surface area contributed by atoms with E-state index in [4.69, 9.17) is 34.8 Å². The van der Waals surface area contributed by atoms with Gasteiger partial charge in [0.05, 0.1) is 27.2 Å². The lowest BCUT2D eigenvalue weighted by Gasteiger charge is -2.23. The molecule has 0 radical (unpaired) electrons. The van der Waals surface area contributed by atoms with Crippen LogP contribution in [0.25, 0.3) is 0 Å². The molecule has 2 amide bonds. The van der Waals surface area contributed by atoms with Gasteiger partial charge in [0, 0.05) is 17.4 Å². The molecule has 3 rings (SSSR count). The summed E-state index contributed by atoms with van der Waals surface area (Å²) in [4.78, 5) is 24.9. The number of halogens is 3. The summed E-state index contributed by atoms with van der Waals surface area (Å²) in [5, 5.41) is 9.99. The largest absolute Gasteiger partial charge is 0.376 e. The van der Waals surface area contributed by atoms with Crippen LogP contribution in [0.15, 0.2) is 36.4 Å². The summed E-state index contributed by atoms with van der Waals surface area (Å²) in [6.45, 7) is 0.0319. The summed E-state index contributed by atoms with van der Waals surface area (Å²) in [5.41, 5.74) is 1.54. The van der Waals surface area contributed by atoms with Gasteiger partial charge in [0.1, 0.15) is 0 Å². The third kappa shape index (κ3) is 6.26. The molecule has 29 heavy (non-hydrogen) atoms. The zero-order valence-corrected chi connectivity index (χ0v) is 18.0. The fourth-order valence-electron chi connectivity index (χ4n) is 3.28. The van der Waals surface area contributed by atoms with Crippen LogP contribution in [0, 0.1) is 0 Å². The number of benzene rings is 2. The van der Waals surface area contributed by atoms with Gasteiger partial charge >= 0.3 is 0 Å². The Hall–Kier alpha value is -1.95. The normalized spacial score (nSPS) is 14.3. The smallest absolute Gasteiger partial charge is 0.253 e. The predicted molar refractivity (Wildman–Crippen MR) is 119 cm³/mol. The Morgan fingerprint density at radius 1 is 0.862 bits per heavy atom. The summed E-state index contributed by atoms with van der Waals surface area (Å²) >= 11 is 18.1. The minimum absolute atomic E-state index is 0.0319. The van der Waals surface area contributed by atoms with E-state index in [1.165, 1.54) is 6.42 Å². The third-order valence-electron chi connectivity index (χ3n) is 4.81. The molecule has 1 fully saturated rings. The lowest BCUT2D eigenvalue weighted by molar-refractivity contribution is -0.114. The maximum Gasteiger partial charge on any atom is 0.253 e. The molecule has 0 bridgehead atoms. The van der Waals surface area contributed by atoms with Crippen molar-refractivity contribution in [2.75, 3.05) is 17.2 Å². The van der Waals surface area contributed by atoms with Crippen LogP contribution in [0.1, 0.15) is 42.5 Å². The van der Waals surface area contributed by atoms with Gasteiger partial charge in [-0.1, -0.05) is 54.1 Å². The molecule has 0 heterocycles. The molecule has 0 spiro atoms. The van der Waals surface area contributed by atoms with Crippen molar-refractivity contribution in [1.29, 1.82) is 0 Å². The number of carbonyl (C=O) groups is 2. The molecule has 0 aliphatic heterocycles. The second-order valence-electron chi connectivity index (χ2n) is 7.03. The Labute approximate surface area is 185 Å². The van der Waals surface area contributed by atoms with Gasteiger partial charge in [0.2, 0.25) is 5.91 Å². The summed E-state index contributed by atoms with van der Waals surface area (Å²) < 4.78 is 0. The number of anilines is 2. The molecular weight excluding hydrogens is 433 g/mol. The minimum atomic E-state index is -0.267. The molecule has 1 aliphatic rings. The Kier molecular flexibility index (Phi) is 7.64. The van der Waals surface area contributed by atoms with Gasteiger partial charge in [-0.15, -0.1) is 0 Å². The number of rotatable bonds is 6. The zero-order valence-electron chi connectivity index (χ0n) is 15.7. The number of carbonyl (C=O) groups excluding carboxylic acids is 2. The van der Waals surface area contributed by atoms with E-state index in [1.807, 2.05) is 0 Å². The van der Waals surface area contributed by atoms with Crippen molar-refractivity contribution < 1.29 is 9.59 Å². The van der Waals surface area contributed by atoms with Gasteiger partial charge < -0.3 is 16.0 Å². The van der Waals surface area contributed by atoms with E-state index in [0.29, 0.717) is 32.0 Å². The van der Waals surface area contributed by atoms with Crippen molar-refractivity contribution in [3.05, 3.63) is 57.0 Å². The average Bonchev–Trinajstić information content (AvgIpc) is 2.71. The van der Waals surface area contributed by atoms with E-state index in [-0.39, 0.29) is 24.4 Å². The number of hydrogen-bond acceptors (Lipinski definition) is 3. The highest BCUT2D eigenvalue weighted by molar-refractivity contribution is 6.42. The molecule has 5 nitrogen and oxygen atoms in total. The molecule has 8 heteroatoms. The first-order valence-corrected chi connectivity index (χ1v) is 10.6. The Morgan fingerprint density at radius 2 is 1.55 bits per heavy atom. The van der Waals surface area contributed by atoms with Gasteiger partial charge in [-0.05, 0) is 49.2 Å². The van der Waals surface area contributed by atoms with Crippen molar-refractivity contribution in [2.45, 2.75) is 38.1 Å². The SMILES string of the molecule is O=C(CNc1ccc(Cl)c(Cl)c1)Nc1ccc(Cl)c(C(=O)NC2CCCCC2)c1. The topological polar surface area (TPSA) is 70.2 Å². The second kappa shape index (κ2) is 10.2. The monoisotopic (exact) mass is 453 g/mol.